The van der Waals surface area contributed by atoms with Gasteiger partial charge in [-0.15, -0.1) is 11.3 Å². The van der Waals surface area contributed by atoms with E-state index in [1.165, 1.54) is 37.8 Å². The van der Waals surface area contributed by atoms with Crippen LogP contribution < -0.4 is 0 Å². The van der Waals surface area contributed by atoms with E-state index in [4.69, 9.17) is 4.98 Å². The van der Waals surface area contributed by atoms with Crippen molar-refractivity contribution in [3.8, 4) is 0 Å². The van der Waals surface area contributed by atoms with Crippen LogP contribution >= 0.6 is 11.3 Å². The molecule has 0 spiro atoms. The number of rotatable bonds is 2. The maximum absolute atomic E-state index is 13.0. The van der Waals surface area contributed by atoms with Gasteiger partial charge in [-0.05, 0) is 53.8 Å². The van der Waals surface area contributed by atoms with E-state index in [0.29, 0.717) is 22.1 Å². The average Bonchev–Trinajstić information content (AvgIpc) is 3.41. The number of fused-ring (bicyclic) bond motifs is 3. The number of Topliss-reactive ketones (excluding diaryl/α,β-unsaturated/α-hetero) is 2. The molecule has 2 aliphatic carbocycles. The third kappa shape index (κ3) is 2.91. The summed E-state index contributed by atoms with van der Waals surface area (Å²) in [4.78, 5) is 30.8. The molecular weight excluding hydrogens is 404 g/mol. The Morgan fingerprint density at radius 2 is 1.61 bits per heavy atom. The molecule has 4 nitrogen and oxygen atoms in total. The second-order valence-corrected chi connectivity index (χ2v) is 9.73. The maximum Gasteiger partial charge on any atom is 0.197 e. The summed E-state index contributed by atoms with van der Waals surface area (Å²) in [5.74, 6) is 0.212. The first-order valence-corrected chi connectivity index (χ1v) is 11.7. The molecule has 0 atom stereocenters. The SMILES string of the molecule is Cn1c(C2CCCCC2)cc2sc(C=C3C(=O)c4cc5ccccc5cc4C3=O)nc21. The molecule has 5 heteroatoms. The van der Waals surface area contributed by atoms with Crippen LogP contribution in [0.1, 0.15) is 69.4 Å². The van der Waals surface area contributed by atoms with Gasteiger partial charge in [-0.25, -0.2) is 4.98 Å². The van der Waals surface area contributed by atoms with Crippen LogP contribution in [0.25, 0.3) is 27.2 Å². The lowest BCUT2D eigenvalue weighted by molar-refractivity contribution is 0.0990. The number of allylic oxidation sites excluding steroid dienone is 1. The van der Waals surface area contributed by atoms with E-state index in [0.717, 1.165) is 21.1 Å². The molecule has 0 aliphatic heterocycles. The van der Waals surface area contributed by atoms with Crippen molar-refractivity contribution < 1.29 is 9.59 Å². The molecular formula is C26H22N2O2S. The minimum atomic E-state index is -0.201. The number of thiazole rings is 1. The lowest BCUT2D eigenvalue weighted by atomic mass is 9.87. The largest absolute Gasteiger partial charge is 0.332 e. The van der Waals surface area contributed by atoms with Gasteiger partial charge in [0.05, 0.1) is 10.3 Å². The van der Waals surface area contributed by atoms with Crippen molar-refractivity contribution in [2.24, 2.45) is 7.05 Å². The first kappa shape index (κ1) is 18.7. The smallest absolute Gasteiger partial charge is 0.197 e. The van der Waals surface area contributed by atoms with Crippen molar-refractivity contribution in [3.05, 3.63) is 69.9 Å². The molecule has 0 radical (unpaired) electrons. The molecule has 2 aromatic carbocycles. The van der Waals surface area contributed by atoms with Crippen LogP contribution in [0, 0.1) is 0 Å². The number of aromatic nitrogens is 2. The number of hydrogen-bond acceptors (Lipinski definition) is 4. The highest BCUT2D eigenvalue weighted by atomic mass is 32.1. The Balaban J connectivity index is 1.38. The summed E-state index contributed by atoms with van der Waals surface area (Å²) in [6.45, 7) is 0. The molecule has 6 rings (SSSR count). The molecule has 0 bridgehead atoms. The summed E-state index contributed by atoms with van der Waals surface area (Å²) in [5.41, 5.74) is 3.52. The van der Waals surface area contributed by atoms with Crippen LogP contribution in [0.4, 0.5) is 0 Å². The summed E-state index contributed by atoms with van der Waals surface area (Å²) in [7, 11) is 2.08. The first-order valence-electron chi connectivity index (χ1n) is 10.9. The van der Waals surface area contributed by atoms with Gasteiger partial charge in [0, 0.05) is 23.9 Å². The second-order valence-electron chi connectivity index (χ2n) is 8.66. The van der Waals surface area contributed by atoms with Gasteiger partial charge < -0.3 is 4.57 Å². The van der Waals surface area contributed by atoms with E-state index >= 15 is 0 Å². The molecule has 0 unspecified atom stereocenters. The zero-order chi connectivity index (χ0) is 21.1. The van der Waals surface area contributed by atoms with E-state index < -0.39 is 0 Å². The van der Waals surface area contributed by atoms with Crippen molar-refractivity contribution in [1.29, 1.82) is 0 Å². The molecule has 2 aromatic heterocycles. The second kappa shape index (κ2) is 6.99. The third-order valence-electron chi connectivity index (χ3n) is 6.79. The minimum absolute atomic E-state index is 0.201. The molecule has 0 N–H and O–H groups in total. The van der Waals surface area contributed by atoms with Crippen LogP contribution in [-0.2, 0) is 7.05 Å². The molecule has 0 saturated heterocycles. The van der Waals surface area contributed by atoms with E-state index in [9.17, 15) is 9.59 Å². The van der Waals surface area contributed by atoms with Gasteiger partial charge in [-0.2, -0.15) is 0 Å². The fourth-order valence-electron chi connectivity index (χ4n) is 5.14. The fourth-order valence-corrected chi connectivity index (χ4v) is 6.13. The van der Waals surface area contributed by atoms with Crippen molar-refractivity contribution in [1.82, 2.24) is 9.55 Å². The predicted molar refractivity (Wildman–Crippen MR) is 125 cm³/mol. The van der Waals surface area contributed by atoms with Crippen molar-refractivity contribution >= 4 is 50.1 Å². The van der Waals surface area contributed by atoms with Gasteiger partial charge in [0.1, 0.15) is 5.01 Å². The lowest BCUT2D eigenvalue weighted by Crippen LogP contribution is -2.08. The maximum atomic E-state index is 13.0. The van der Waals surface area contributed by atoms with Crippen molar-refractivity contribution in [3.63, 3.8) is 0 Å². The molecule has 0 amide bonds. The van der Waals surface area contributed by atoms with Crippen LogP contribution in [-0.4, -0.2) is 21.1 Å². The summed E-state index contributed by atoms with van der Waals surface area (Å²) in [6, 6.07) is 13.7. The highest BCUT2D eigenvalue weighted by Crippen LogP contribution is 2.38. The fraction of sp³-hybridized carbons (Fsp3) is 0.269. The number of hydrogen-bond donors (Lipinski definition) is 0. The quantitative estimate of drug-likeness (QED) is 0.279. The van der Waals surface area contributed by atoms with Gasteiger partial charge in [-0.1, -0.05) is 43.5 Å². The third-order valence-corrected chi connectivity index (χ3v) is 7.73. The minimum Gasteiger partial charge on any atom is -0.332 e. The number of carbonyl (C=O) groups excluding carboxylic acids is 2. The van der Waals surface area contributed by atoms with E-state index in [1.807, 2.05) is 36.4 Å². The normalized spacial score (nSPS) is 17.1. The zero-order valence-electron chi connectivity index (χ0n) is 17.4. The summed E-state index contributed by atoms with van der Waals surface area (Å²) >= 11 is 1.56. The lowest BCUT2D eigenvalue weighted by Gasteiger charge is -2.22. The molecule has 2 aliphatic rings. The Hall–Kier alpha value is -3.05. The van der Waals surface area contributed by atoms with Crippen LogP contribution in [0.5, 0.6) is 0 Å². The predicted octanol–water partition coefficient (Wildman–Crippen LogP) is 6.30. The van der Waals surface area contributed by atoms with E-state index in [-0.39, 0.29) is 17.1 Å². The van der Waals surface area contributed by atoms with E-state index in [1.54, 1.807) is 17.4 Å². The summed E-state index contributed by atoms with van der Waals surface area (Å²) < 4.78 is 3.32. The Bertz CT molecular complexity index is 1360. The van der Waals surface area contributed by atoms with Crippen LogP contribution in [0.15, 0.2) is 48.0 Å². The Kier molecular flexibility index (Phi) is 4.22. The summed E-state index contributed by atoms with van der Waals surface area (Å²) in [6.07, 6.45) is 8.11. The van der Waals surface area contributed by atoms with Crippen LogP contribution in [0.3, 0.4) is 0 Å². The average molecular weight is 427 g/mol. The number of benzene rings is 2. The number of aryl methyl sites for hydroxylation is 1. The van der Waals surface area contributed by atoms with Gasteiger partial charge in [-0.3, -0.25) is 9.59 Å². The van der Waals surface area contributed by atoms with Crippen LogP contribution in [0.2, 0.25) is 0 Å². The Labute approximate surface area is 184 Å². The Morgan fingerprint density at radius 3 is 2.23 bits per heavy atom. The topological polar surface area (TPSA) is 52.0 Å². The number of carbonyl (C=O) groups is 2. The monoisotopic (exact) mass is 426 g/mol. The van der Waals surface area contributed by atoms with E-state index in [2.05, 4.69) is 17.7 Å². The molecule has 2 heterocycles. The highest BCUT2D eigenvalue weighted by molar-refractivity contribution is 7.19. The molecule has 154 valence electrons. The Morgan fingerprint density at radius 1 is 0.968 bits per heavy atom. The van der Waals surface area contributed by atoms with Gasteiger partial charge in [0.25, 0.3) is 0 Å². The molecule has 1 fully saturated rings. The van der Waals surface area contributed by atoms with Gasteiger partial charge in [0.2, 0.25) is 0 Å². The number of nitrogens with zero attached hydrogens (tertiary/aromatic N) is 2. The first-order chi connectivity index (χ1) is 15.1. The van der Waals surface area contributed by atoms with Gasteiger partial charge >= 0.3 is 0 Å². The standard InChI is InChI=1S/C26H22N2O2S/c1-28-21(15-7-3-2-4-8-15)14-22-26(28)27-23(31-22)13-20-24(29)18-11-16-9-5-6-10-17(16)12-19(18)25(20)30/h5-6,9-15H,2-4,7-8H2,1H3. The highest BCUT2D eigenvalue weighted by Gasteiger charge is 2.34. The van der Waals surface area contributed by atoms with Crippen molar-refractivity contribution in [2.45, 2.75) is 38.0 Å². The molecule has 4 aromatic rings. The zero-order valence-corrected chi connectivity index (χ0v) is 18.2. The molecule has 31 heavy (non-hydrogen) atoms. The molecule has 1 saturated carbocycles. The van der Waals surface area contributed by atoms with Gasteiger partial charge in [0.15, 0.2) is 17.2 Å². The summed E-state index contributed by atoms with van der Waals surface area (Å²) in [5, 5.41) is 2.66. The van der Waals surface area contributed by atoms with Crippen molar-refractivity contribution in [2.75, 3.05) is 0 Å². The number of ketones is 2.